The normalized spacial score (nSPS) is 14.2. The highest BCUT2D eigenvalue weighted by Gasteiger charge is 2.17. The smallest absolute Gasteiger partial charge is 0.267 e. The molecule has 0 unspecified atom stereocenters. The van der Waals surface area contributed by atoms with Crippen LogP contribution in [0.1, 0.15) is 34.6 Å². The van der Waals surface area contributed by atoms with Crippen LogP contribution >= 0.6 is 0 Å². The van der Waals surface area contributed by atoms with Gasteiger partial charge < -0.3 is 5.32 Å². The van der Waals surface area contributed by atoms with Crippen molar-refractivity contribution in [3.63, 3.8) is 0 Å². The zero-order valence-electron chi connectivity index (χ0n) is 17.6. The summed E-state index contributed by atoms with van der Waals surface area (Å²) < 4.78 is 0. The van der Waals surface area contributed by atoms with E-state index < -0.39 is 0 Å². The minimum Gasteiger partial charge on any atom is -0.355 e. The molecule has 7 heteroatoms. The van der Waals surface area contributed by atoms with E-state index in [9.17, 15) is 4.79 Å². The lowest BCUT2D eigenvalue weighted by Crippen LogP contribution is -2.40. The van der Waals surface area contributed by atoms with E-state index in [1.807, 2.05) is 77.8 Å². The Hall–Kier alpha value is -3.97. The molecule has 0 radical (unpaired) electrons. The summed E-state index contributed by atoms with van der Waals surface area (Å²) in [6.45, 7) is 1.80. The molecule has 160 valence electrons. The quantitative estimate of drug-likeness (QED) is 0.421. The number of carbonyl (C=O) groups excluding carboxylic acids is 1. The molecule has 1 aliphatic rings. The second-order valence-corrected chi connectivity index (χ2v) is 7.76. The van der Waals surface area contributed by atoms with Crippen LogP contribution in [0.4, 0.5) is 11.4 Å². The molecule has 1 saturated heterocycles. The largest absolute Gasteiger partial charge is 0.355 e. The molecule has 1 aliphatic heterocycles. The van der Waals surface area contributed by atoms with Gasteiger partial charge in [0.05, 0.1) is 28.2 Å². The highest BCUT2D eigenvalue weighted by Crippen LogP contribution is 2.26. The Kier molecular flexibility index (Phi) is 5.63. The van der Waals surface area contributed by atoms with E-state index in [0.717, 1.165) is 59.6 Å². The van der Waals surface area contributed by atoms with Crippen molar-refractivity contribution in [2.45, 2.75) is 12.8 Å². The van der Waals surface area contributed by atoms with Crippen molar-refractivity contribution < 1.29 is 4.79 Å². The molecule has 0 spiro atoms. The zero-order chi connectivity index (χ0) is 21.8. The van der Waals surface area contributed by atoms with Crippen LogP contribution < -0.4 is 10.7 Å². The third kappa shape index (κ3) is 4.38. The predicted molar refractivity (Wildman–Crippen MR) is 127 cm³/mol. The van der Waals surface area contributed by atoms with Gasteiger partial charge in [-0.2, -0.15) is 5.10 Å². The van der Waals surface area contributed by atoms with E-state index in [1.165, 1.54) is 0 Å². The number of anilines is 2. The van der Waals surface area contributed by atoms with Gasteiger partial charge in [-0.3, -0.25) is 20.3 Å². The van der Waals surface area contributed by atoms with E-state index in [1.54, 1.807) is 6.20 Å². The molecule has 0 saturated carbocycles. The molecule has 1 amide bonds. The minimum absolute atomic E-state index is 0.0976. The molecule has 5 rings (SSSR count). The van der Waals surface area contributed by atoms with Crippen LogP contribution in [-0.4, -0.2) is 39.2 Å². The number of rotatable bonds is 6. The average molecular weight is 425 g/mol. The number of aromatic amines is 1. The van der Waals surface area contributed by atoms with E-state index >= 15 is 0 Å². The summed E-state index contributed by atoms with van der Waals surface area (Å²) in [7, 11) is 0. The van der Waals surface area contributed by atoms with Gasteiger partial charge in [0.1, 0.15) is 0 Å². The lowest BCUT2D eigenvalue weighted by Gasteiger charge is -2.18. The molecular weight excluding hydrogens is 400 g/mol. The van der Waals surface area contributed by atoms with Gasteiger partial charge in [-0.1, -0.05) is 18.2 Å². The molecule has 0 bridgehead atoms. The topological polar surface area (TPSA) is 85.9 Å². The SMILES string of the molecule is O=C(NN1CCCC1)c1ccccc1Nc1ccc2c(/C=C/c3ccccn3)n[nH]c2c1. The van der Waals surface area contributed by atoms with Gasteiger partial charge in [-0.05, 0) is 67.5 Å². The van der Waals surface area contributed by atoms with Crippen molar-refractivity contribution in [1.82, 2.24) is 25.6 Å². The number of fused-ring (bicyclic) bond motifs is 1. The Bertz CT molecular complexity index is 1260. The maximum atomic E-state index is 12.8. The molecule has 4 aromatic rings. The Morgan fingerprint density at radius 1 is 1.00 bits per heavy atom. The maximum Gasteiger partial charge on any atom is 0.267 e. The number of amides is 1. The molecule has 1 fully saturated rings. The lowest BCUT2D eigenvalue weighted by atomic mass is 10.1. The van der Waals surface area contributed by atoms with Crippen LogP contribution in [0, 0.1) is 0 Å². The molecule has 0 atom stereocenters. The van der Waals surface area contributed by atoms with Gasteiger partial charge >= 0.3 is 0 Å². The standard InChI is InChI=1S/C25H24N6O/c32-25(30-31-15-5-6-16-31)21-8-1-2-9-22(21)27-19-10-12-20-23(28-29-24(20)17-19)13-11-18-7-3-4-14-26-18/h1-4,7-14,17,27H,5-6,15-16H2,(H,28,29)(H,30,32)/b13-11+. The third-order valence-corrected chi connectivity index (χ3v) is 5.51. The first-order chi connectivity index (χ1) is 15.8. The van der Waals surface area contributed by atoms with Crippen molar-refractivity contribution in [1.29, 1.82) is 0 Å². The lowest BCUT2D eigenvalue weighted by molar-refractivity contribution is 0.0827. The number of nitrogens with zero attached hydrogens (tertiary/aromatic N) is 3. The molecule has 3 heterocycles. The van der Waals surface area contributed by atoms with Gasteiger partial charge in [-0.15, -0.1) is 0 Å². The molecular formula is C25H24N6O. The van der Waals surface area contributed by atoms with Gasteiger partial charge in [0.25, 0.3) is 5.91 Å². The number of hydrogen-bond acceptors (Lipinski definition) is 5. The van der Waals surface area contributed by atoms with Gasteiger partial charge in [0.2, 0.25) is 0 Å². The van der Waals surface area contributed by atoms with Gasteiger partial charge in [-0.25, -0.2) is 5.01 Å². The summed E-state index contributed by atoms with van der Waals surface area (Å²) in [6.07, 6.45) is 7.89. The summed E-state index contributed by atoms with van der Waals surface area (Å²) in [5.74, 6) is -0.0976. The fourth-order valence-electron chi connectivity index (χ4n) is 3.86. The Balaban J connectivity index is 1.35. The molecule has 32 heavy (non-hydrogen) atoms. The number of H-pyrrole nitrogens is 1. The average Bonchev–Trinajstić information content (AvgIpc) is 3.48. The number of hydrogen-bond donors (Lipinski definition) is 3. The molecule has 2 aromatic carbocycles. The van der Waals surface area contributed by atoms with Crippen molar-refractivity contribution in [2.75, 3.05) is 18.4 Å². The summed E-state index contributed by atoms with van der Waals surface area (Å²) in [4.78, 5) is 17.1. The zero-order valence-corrected chi connectivity index (χ0v) is 17.6. The van der Waals surface area contributed by atoms with Crippen molar-refractivity contribution in [3.05, 3.63) is 83.8 Å². The van der Waals surface area contributed by atoms with Crippen LogP contribution in [0.3, 0.4) is 0 Å². The summed E-state index contributed by atoms with van der Waals surface area (Å²) in [5.41, 5.74) is 7.90. The number of nitrogens with one attached hydrogen (secondary N) is 3. The Morgan fingerprint density at radius 3 is 2.69 bits per heavy atom. The van der Waals surface area contributed by atoms with Crippen LogP contribution in [0.5, 0.6) is 0 Å². The van der Waals surface area contributed by atoms with Gasteiger partial charge in [0, 0.05) is 30.4 Å². The minimum atomic E-state index is -0.0976. The molecule has 0 aliphatic carbocycles. The van der Waals surface area contributed by atoms with Crippen LogP contribution in [0.2, 0.25) is 0 Å². The maximum absolute atomic E-state index is 12.8. The predicted octanol–water partition coefficient (Wildman–Crippen LogP) is 4.61. The monoisotopic (exact) mass is 424 g/mol. The second-order valence-electron chi connectivity index (χ2n) is 7.76. The first kappa shape index (κ1) is 20.0. The molecule has 3 N–H and O–H groups in total. The Labute approximate surface area is 186 Å². The number of carbonyl (C=O) groups is 1. The number of benzene rings is 2. The van der Waals surface area contributed by atoms with E-state index in [4.69, 9.17) is 0 Å². The number of pyridine rings is 1. The highest BCUT2D eigenvalue weighted by molar-refractivity contribution is 6.00. The summed E-state index contributed by atoms with van der Waals surface area (Å²) in [6, 6.07) is 19.4. The van der Waals surface area contributed by atoms with Crippen LogP contribution in [0.15, 0.2) is 66.9 Å². The fourth-order valence-corrected chi connectivity index (χ4v) is 3.86. The second kappa shape index (κ2) is 9.03. The van der Waals surface area contributed by atoms with Crippen molar-refractivity contribution in [2.24, 2.45) is 0 Å². The van der Waals surface area contributed by atoms with E-state index in [-0.39, 0.29) is 5.91 Å². The number of para-hydroxylation sites is 1. The van der Waals surface area contributed by atoms with Crippen molar-refractivity contribution in [3.8, 4) is 0 Å². The molecule has 2 aromatic heterocycles. The van der Waals surface area contributed by atoms with Crippen molar-refractivity contribution >= 4 is 40.3 Å². The fraction of sp³-hybridized carbons (Fsp3) is 0.160. The Morgan fingerprint density at radius 2 is 1.84 bits per heavy atom. The first-order valence-electron chi connectivity index (χ1n) is 10.8. The number of hydrazine groups is 1. The highest BCUT2D eigenvalue weighted by atomic mass is 16.2. The van der Waals surface area contributed by atoms with Gasteiger partial charge in [0.15, 0.2) is 0 Å². The summed E-state index contributed by atoms with van der Waals surface area (Å²) >= 11 is 0. The van der Waals surface area contributed by atoms with E-state index in [2.05, 4.69) is 25.9 Å². The third-order valence-electron chi connectivity index (χ3n) is 5.51. The van der Waals surface area contributed by atoms with Crippen LogP contribution in [-0.2, 0) is 0 Å². The first-order valence-corrected chi connectivity index (χ1v) is 10.8. The van der Waals surface area contributed by atoms with E-state index in [0.29, 0.717) is 5.56 Å². The van der Waals surface area contributed by atoms with Crippen LogP contribution in [0.25, 0.3) is 23.1 Å². The number of aromatic nitrogens is 3. The summed E-state index contributed by atoms with van der Waals surface area (Å²) in [5, 5.41) is 13.9. The molecule has 7 nitrogen and oxygen atoms in total.